The second kappa shape index (κ2) is 9.40. The minimum absolute atomic E-state index is 0.197. The van der Waals surface area contributed by atoms with Crippen molar-refractivity contribution in [2.75, 3.05) is 18.0 Å². The van der Waals surface area contributed by atoms with Crippen molar-refractivity contribution in [2.45, 2.75) is 52.4 Å². The van der Waals surface area contributed by atoms with E-state index in [0.717, 1.165) is 18.7 Å². The molecule has 0 saturated carbocycles. The Labute approximate surface area is 122 Å². The van der Waals surface area contributed by atoms with E-state index >= 15 is 0 Å². The van der Waals surface area contributed by atoms with Gasteiger partial charge in [-0.05, 0) is 25.5 Å². The molecule has 0 saturated heterocycles. The average molecular weight is 277 g/mol. The molecule has 0 radical (unpaired) electrons. The number of aliphatic carboxylic acids is 1. The summed E-state index contributed by atoms with van der Waals surface area (Å²) in [5, 5.41) is 8.87. The van der Waals surface area contributed by atoms with E-state index in [0.29, 0.717) is 6.54 Å². The molecule has 0 aliphatic rings. The summed E-state index contributed by atoms with van der Waals surface area (Å²) in [6.07, 6.45) is 6.37. The number of aryl methyl sites for hydroxylation is 1. The fourth-order valence-electron chi connectivity index (χ4n) is 2.26. The lowest BCUT2D eigenvalue weighted by molar-refractivity contribution is -0.136. The van der Waals surface area contributed by atoms with E-state index in [-0.39, 0.29) is 6.42 Å². The smallest absolute Gasteiger partial charge is 0.305 e. The molecule has 0 bridgehead atoms. The molecule has 0 aliphatic carbocycles. The predicted molar refractivity (Wildman–Crippen MR) is 84.4 cm³/mol. The number of carboxylic acid groups (broad SMARTS) is 1. The highest BCUT2D eigenvalue weighted by Gasteiger charge is 2.08. The van der Waals surface area contributed by atoms with Crippen LogP contribution in [0.4, 0.5) is 5.69 Å². The highest BCUT2D eigenvalue weighted by atomic mass is 16.4. The number of carbonyl (C=O) groups is 1. The Morgan fingerprint density at radius 2 is 1.70 bits per heavy atom. The third kappa shape index (κ3) is 6.60. The first kappa shape index (κ1) is 16.5. The summed E-state index contributed by atoms with van der Waals surface area (Å²) in [6, 6.07) is 8.34. The molecule has 0 amide bonds. The highest BCUT2D eigenvalue weighted by Crippen LogP contribution is 2.17. The predicted octanol–water partition coefficient (Wildman–Crippen LogP) is 4.25. The van der Waals surface area contributed by atoms with Gasteiger partial charge in [-0.1, -0.05) is 50.3 Å². The number of unbranched alkanes of at least 4 members (excludes halogenated alkanes) is 4. The van der Waals surface area contributed by atoms with E-state index in [1.54, 1.807) is 0 Å². The zero-order valence-corrected chi connectivity index (χ0v) is 12.8. The van der Waals surface area contributed by atoms with E-state index in [9.17, 15) is 4.79 Å². The first-order valence-corrected chi connectivity index (χ1v) is 7.67. The molecule has 0 spiro atoms. The molecule has 1 N–H and O–H groups in total. The van der Waals surface area contributed by atoms with E-state index in [4.69, 9.17) is 5.11 Å². The van der Waals surface area contributed by atoms with Crippen LogP contribution >= 0.6 is 0 Å². The highest BCUT2D eigenvalue weighted by molar-refractivity contribution is 5.67. The third-order valence-corrected chi connectivity index (χ3v) is 3.53. The number of carboxylic acids is 1. The van der Waals surface area contributed by atoms with Crippen LogP contribution in [-0.4, -0.2) is 24.2 Å². The van der Waals surface area contributed by atoms with Crippen molar-refractivity contribution < 1.29 is 9.90 Å². The fourth-order valence-corrected chi connectivity index (χ4v) is 2.26. The zero-order chi connectivity index (χ0) is 14.8. The molecule has 0 atom stereocenters. The molecule has 3 heteroatoms. The number of hydrogen-bond donors (Lipinski definition) is 1. The van der Waals surface area contributed by atoms with Crippen LogP contribution in [0.2, 0.25) is 0 Å². The number of anilines is 1. The topological polar surface area (TPSA) is 40.5 Å². The van der Waals surface area contributed by atoms with Crippen LogP contribution in [-0.2, 0) is 4.79 Å². The number of nitrogens with zero attached hydrogens (tertiary/aromatic N) is 1. The molecule has 1 rings (SSSR count). The van der Waals surface area contributed by atoms with Crippen LogP contribution in [0.1, 0.15) is 51.0 Å². The third-order valence-electron chi connectivity index (χ3n) is 3.53. The van der Waals surface area contributed by atoms with Crippen molar-refractivity contribution in [3.8, 4) is 0 Å². The van der Waals surface area contributed by atoms with Gasteiger partial charge in [0.15, 0.2) is 0 Å². The van der Waals surface area contributed by atoms with Gasteiger partial charge in [-0.25, -0.2) is 0 Å². The van der Waals surface area contributed by atoms with E-state index in [1.807, 2.05) is 0 Å². The van der Waals surface area contributed by atoms with Gasteiger partial charge in [-0.2, -0.15) is 0 Å². The van der Waals surface area contributed by atoms with Crippen molar-refractivity contribution in [3.63, 3.8) is 0 Å². The first-order chi connectivity index (χ1) is 9.63. The van der Waals surface area contributed by atoms with Crippen LogP contribution in [0.3, 0.4) is 0 Å². The van der Waals surface area contributed by atoms with Crippen LogP contribution in [0, 0.1) is 6.92 Å². The van der Waals surface area contributed by atoms with Gasteiger partial charge in [0, 0.05) is 18.8 Å². The maximum absolute atomic E-state index is 10.8. The second-order valence-corrected chi connectivity index (χ2v) is 5.38. The van der Waals surface area contributed by atoms with Gasteiger partial charge >= 0.3 is 5.97 Å². The summed E-state index contributed by atoms with van der Waals surface area (Å²) < 4.78 is 0. The van der Waals surface area contributed by atoms with Gasteiger partial charge in [0.25, 0.3) is 0 Å². The molecule has 0 aromatic heterocycles. The summed E-state index contributed by atoms with van der Waals surface area (Å²) >= 11 is 0. The molecule has 3 nitrogen and oxygen atoms in total. The van der Waals surface area contributed by atoms with Gasteiger partial charge in [0.05, 0.1) is 6.42 Å². The number of rotatable bonds is 10. The summed E-state index contributed by atoms with van der Waals surface area (Å²) in [5.74, 6) is -0.729. The fraction of sp³-hybridized carbons (Fsp3) is 0.588. The normalized spacial score (nSPS) is 10.5. The Kier molecular flexibility index (Phi) is 7.78. The van der Waals surface area contributed by atoms with Gasteiger partial charge in [-0.15, -0.1) is 0 Å². The van der Waals surface area contributed by atoms with Gasteiger partial charge < -0.3 is 10.0 Å². The maximum atomic E-state index is 10.8. The molecule has 0 fully saturated rings. The SMILES string of the molecule is CCCCCCCN(CCC(=O)O)c1ccc(C)cc1. The van der Waals surface area contributed by atoms with Crippen LogP contribution in [0.15, 0.2) is 24.3 Å². The lowest BCUT2D eigenvalue weighted by atomic mass is 10.1. The second-order valence-electron chi connectivity index (χ2n) is 5.38. The number of hydrogen-bond acceptors (Lipinski definition) is 2. The summed E-state index contributed by atoms with van der Waals surface area (Å²) in [5.41, 5.74) is 2.36. The summed E-state index contributed by atoms with van der Waals surface area (Å²) in [4.78, 5) is 13.0. The Balaban J connectivity index is 2.51. The molecule has 0 unspecified atom stereocenters. The van der Waals surface area contributed by atoms with E-state index < -0.39 is 5.97 Å². The molecule has 20 heavy (non-hydrogen) atoms. The van der Waals surface area contributed by atoms with Gasteiger partial charge in [0.1, 0.15) is 0 Å². The zero-order valence-electron chi connectivity index (χ0n) is 12.8. The molecular weight excluding hydrogens is 250 g/mol. The lowest BCUT2D eigenvalue weighted by Gasteiger charge is -2.24. The first-order valence-electron chi connectivity index (χ1n) is 7.67. The van der Waals surface area contributed by atoms with E-state index in [2.05, 4.69) is 43.0 Å². The lowest BCUT2D eigenvalue weighted by Crippen LogP contribution is -2.27. The van der Waals surface area contributed by atoms with Crippen LogP contribution in [0.5, 0.6) is 0 Å². The quantitative estimate of drug-likeness (QED) is 0.650. The molecule has 1 aromatic rings. The largest absolute Gasteiger partial charge is 0.481 e. The van der Waals surface area contributed by atoms with E-state index in [1.165, 1.54) is 31.2 Å². The molecule has 112 valence electrons. The molecular formula is C17H27NO2. The Bertz CT molecular complexity index is 386. The molecule has 0 heterocycles. The molecule has 0 aliphatic heterocycles. The van der Waals surface area contributed by atoms with Crippen LogP contribution in [0.25, 0.3) is 0 Å². The van der Waals surface area contributed by atoms with Gasteiger partial charge in [0.2, 0.25) is 0 Å². The monoisotopic (exact) mass is 277 g/mol. The standard InChI is InChI=1S/C17H27NO2/c1-3-4-5-6-7-13-18(14-12-17(19)20)16-10-8-15(2)9-11-16/h8-11H,3-7,12-14H2,1-2H3,(H,19,20). The Morgan fingerprint density at radius 3 is 2.30 bits per heavy atom. The summed E-state index contributed by atoms with van der Waals surface area (Å²) in [7, 11) is 0. The minimum atomic E-state index is -0.729. The van der Waals surface area contributed by atoms with Gasteiger partial charge in [-0.3, -0.25) is 4.79 Å². The molecule has 1 aromatic carbocycles. The van der Waals surface area contributed by atoms with Crippen molar-refractivity contribution in [1.29, 1.82) is 0 Å². The van der Waals surface area contributed by atoms with Crippen molar-refractivity contribution in [2.24, 2.45) is 0 Å². The minimum Gasteiger partial charge on any atom is -0.481 e. The van der Waals surface area contributed by atoms with Crippen LogP contribution < -0.4 is 4.90 Å². The Hall–Kier alpha value is -1.51. The average Bonchev–Trinajstić information content (AvgIpc) is 2.43. The van der Waals surface area contributed by atoms with Crippen molar-refractivity contribution >= 4 is 11.7 Å². The maximum Gasteiger partial charge on any atom is 0.305 e. The van der Waals surface area contributed by atoms with Crippen molar-refractivity contribution in [1.82, 2.24) is 0 Å². The Morgan fingerprint density at radius 1 is 1.05 bits per heavy atom. The summed E-state index contributed by atoms with van der Waals surface area (Å²) in [6.45, 7) is 5.81. The van der Waals surface area contributed by atoms with Crippen molar-refractivity contribution in [3.05, 3.63) is 29.8 Å². The number of benzene rings is 1.